The number of hydrogen-bond acceptors (Lipinski definition) is 2. The quantitative estimate of drug-likeness (QED) is 0.644. The zero-order chi connectivity index (χ0) is 8.27. The van der Waals surface area contributed by atoms with Gasteiger partial charge in [-0.15, -0.1) is 0 Å². The second kappa shape index (κ2) is 3.67. The molecule has 2 heteroatoms. The Hall–Kier alpha value is -0.630. The fourth-order valence-electron chi connectivity index (χ4n) is 0.953. The van der Waals surface area contributed by atoms with Crippen LogP contribution in [0.5, 0.6) is 0 Å². The SMILES string of the molecule is CCc1ccc(CC(C)=S)o1. The number of rotatable bonds is 3. The molecule has 0 aliphatic heterocycles. The Morgan fingerprint density at radius 3 is 2.55 bits per heavy atom. The maximum atomic E-state index is 5.46. The van der Waals surface area contributed by atoms with Gasteiger partial charge in [-0.2, -0.15) is 0 Å². The maximum Gasteiger partial charge on any atom is 0.109 e. The zero-order valence-corrected chi connectivity index (χ0v) is 7.70. The van der Waals surface area contributed by atoms with E-state index in [0.29, 0.717) is 0 Å². The third-order valence-corrected chi connectivity index (χ3v) is 1.63. The largest absolute Gasteiger partial charge is 0.466 e. The van der Waals surface area contributed by atoms with E-state index in [-0.39, 0.29) is 0 Å². The molecule has 0 aliphatic rings. The summed E-state index contributed by atoms with van der Waals surface area (Å²) in [6.07, 6.45) is 1.74. The van der Waals surface area contributed by atoms with Crippen LogP contribution in [0.15, 0.2) is 16.5 Å². The lowest BCUT2D eigenvalue weighted by molar-refractivity contribution is 0.483. The standard InChI is InChI=1S/C9H12OS/c1-3-8-4-5-9(10-8)6-7(2)11/h4-5H,3,6H2,1-2H3. The zero-order valence-electron chi connectivity index (χ0n) is 6.89. The average Bonchev–Trinajstić information content (AvgIpc) is 2.34. The Kier molecular flexibility index (Phi) is 2.83. The van der Waals surface area contributed by atoms with Gasteiger partial charge < -0.3 is 4.42 Å². The molecule has 0 aliphatic carbocycles. The number of aryl methyl sites for hydroxylation is 1. The van der Waals surface area contributed by atoms with Gasteiger partial charge in [-0.25, -0.2) is 0 Å². The van der Waals surface area contributed by atoms with Crippen molar-refractivity contribution in [3.8, 4) is 0 Å². The first-order chi connectivity index (χ1) is 5.22. The van der Waals surface area contributed by atoms with Crippen molar-refractivity contribution in [3.05, 3.63) is 23.7 Å². The summed E-state index contributed by atoms with van der Waals surface area (Å²) < 4.78 is 5.46. The van der Waals surface area contributed by atoms with Gasteiger partial charge in [-0.1, -0.05) is 19.1 Å². The van der Waals surface area contributed by atoms with Crippen molar-refractivity contribution in [1.29, 1.82) is 0 Å². The normalized spacial score (nSPS) is 10.0. The fourth-order valence-corrected chi connectivity index (χ4v) is 1.09. The lowest BCUT2D eigenvalue weighted by Gasteiger charge is -1.92. The topological polar surface area (TPSA) is 13.1 Å². The molecule has 0 atom stereocenters. The van der Waals surface area contributed by atoms with E-state index in [1.807, 2.05) is 19.1 Å². The summed E-state index contributed by atoms with van der Waals surface area (Å²) in [5, 5.41) is 0. The molecule has 1 nitrogen and oxygen atoms in total. The summed E-state index contributed by atoms with van der Waals surface area (Å²) in [6.45, 7) is 4.01. The molecule has 0 spiro atoms. The minimum atomic E-state index is 0.787. The third kappa shape index (κ3) is 2.46. The van der Waals surface area contributed by atoms with Crippen LogP contribution in [-0.2, 0) is 12.8 Å². The van der Waals surface area contributed by atoms with E-state index in [2.05, 4.69) is 6.92 Å². The highest BCUT2D eigenvalue weighted by molar-refractivity contribution is 7.80. The van der Waals surface area contributed by atoms with Crippen LogP contribution >= 0.6 is 12.2 Å². The lowest BCUT2D eigenvalue weighted by atomic mass is 10.3. The highest BCUT2D eigenvalue weighted by Gasteiger charge is 1.99. The molecular weight excluding hydrogens is 156 g/mol. The molecule has 60 valence electrons. The molecule has 11 heavy (non-hydrogen) atoms. The van der Waals surface area contributed by atoms with Crippen LogP contribution in [0.3, 0.4) is 0 Å². The Morgan fingerprint density at radius 2 is 2.09 bits per heavy atom. The Morgan fingerprint density at radius 1 is 1.45 bits per heavy atom. The Balaban J connectivity index is 2.65. The highest BCUT2D eigenvalue weighted by atomic mass is 32.1. The number of hydrogen-bond donors (Lipinski definition) is 0. The van der Waals surface area contributed by atoms with Crippen molar-refractivity contribution in [3.63, 3.8) is 0 Å². The monoisotopic (exact) mass is 168 g/mol. The van der Waals surface area contributed by atoms with Crippen LogP contribution in [0.4, 0.5) is 0 Å². The van der Waals surface area contributed by atoms with Crippen molar-refractivity contribution in [1.82, 2.24) is 0 Å². The first-order valence-corrected chi connectivity index (χ1v) is 4.20. The van der Waals surface area contributed by atoms with E-state index in [0.717, 1.165) is 29.2 Å². The van der Waals surface area contributed by atoms with E-state index < -0.39 is 0 Å². The van der Waals surface area contributed by atoms with Crippen molar-refractivity contribution in [2.45, 2.75) is 26.7 Å². The molecular formula is C9H12OS. The minimum Gasteiger partial charge on any atom is -0.466 e. The molecule has 1 rings (SSSR count). The fraction of sp³-hybridized carbons (Fsp3) is 0.444. The summed E-state index contributed by atoms with van der Waals surface area (Å²) >= 11 is 4.96. The average molecular weight is 168 g/mol. The second-order valence-corrected chi connectivity index (χ2v) is 3.30. The summed E-state index contributed by atoms with van der Waals surface area (Å²) in [5.74, 6) is 2.02. The van der Waals surface area contributed by atoms with Crippen molar-refractivity contribution < 1.29 is 4.42 Å². The molecule has 1 aromatic rings. The summed E-state index contributed by atoms with van der Waals surface area (Å²) in [7, 11) is 0. The van der Waals surface area contributed by atoms with E-state index in [1.54, 1.807) is 0 Å². The second-order valence-electron chi connectivity index (χ2n) is 2.60. The van der Waals surface area contributed by atoms with Gasteiger partial charge >= 0.3 is 0 Å². The van der Waals surface area contributed by atoms with E-state index in [9.17, 15) is 0 Å². The van der Waals surface area contributed by atoms with Crippen molar-refractivity contribution in [2.75, 3.05) is 0 Å². The van der Waals surface area contributed by atoms with Crippen LogP contribution in [0.2, 0.25) is 0 Å². The molecule has 0 fully saturated rings. The molecule has 0 radical (unpaired) electrons. The van der Waals surface area contributed by atoms with Crippen molar-refractivity contribution in [2.24, 2.45) is 0 Å². The minimum absolute atomic E-state index is 0.787. The first-order valence-electron chi connectivity index (χ1n) is 3.79. The predicted molar refractivity (Wildman–Crippen MR) is 50.1 cm³/mol. The van der Waals surface area contributed by atoms with Crippen LogP contribution in [0, 0.1) is 0 Å². The third-order valence-electron chi connectivity index (χ3n) is 1.49. The van der Waals surface area contributed by atoms with Gasteiger partial charge in [0, 0.05) is 12.8 Å². The van der Waals surface area contributed by atoms with Gasteiger partial charge in [-0.3, -0.25) is 0 Å². The molecule has 0 N–H and O–H groups in total. The van der Waals surface area contributed by atoms with Crippen LogP contribution in [-0.4, -0.2) is 4.86 Å². The summed E-state index contributed by atoms with van der Waals surface area (Å²) in [5.41, 5.74) is 0. The smallest absolute Gasteiger partial charge is 0.109 e. The van der Waals surface area contributed by atoms with Gasteiger partial charge in [0.25, 0.3) is 0 Å². The van der Waals surface area contributed by atoms with Gasteiger partial charge in [0.15, 0.2) is 0 Å². The maximum absolute atomic E-state index is 5.46. The Labute approximate surface area is 72.4 Å². The molecule has 0 amide bonds. The summed E-state index contributed by atoms with van der Waals surface area (Å²) in [4.78, 5) is 0.974. The van der Waals surface area contributed by atoms with Crippen LogP contribution in [0.25, 0.3) is 0 Å². The first kappa shape index (κ1) is 8.47. The Bertz CT molecular complexity index is 250. The van der Waals surface area contributed by atoms with Gasteiger partial charge in [0.2, 0.25) is 0 Å². The molecule has 1 heterocycles. The molecule has 0 saturated carbocycles. The molecule has 1 aromatic heterocycles. The lowest BCUT2D eigenvalue weighted by Crippen LogP contribution is -1.90. The van der Waals surface area contributed by atoms with Crippen LogP contribution < -0.4 is 0 Å². The van der Waals surface area contributed by atoms with Crippen LogP contribution in [0.1, 0.15) is 25.4 Å². The number of thiocarbonyl (C=S) groups is 1. The van der Waals surface area contributed by atoms with E-state index >= 15 is 0 Å². The predicted octanol–water partition coefficient (Wildman–Crippen LogP) is 2.77. The van der Waals surface area contributed by atoms with Gasteiger partial charge in [0.1, 0.15) is 11.5 Å². The molecule has 0 aromatic carbocycles. The molecule has 0 saturated heterocycles. The van der Waals surface area contributed by atoms with E-state index in [4.69, 9.17) is 16.6 Å². The van der Waals surface area contributed by atoms with Gasteiger partial charge in [0.05, 0.1) is 0 Å². The molecule has 0 bridgehead atoms. The highest BCUT2D eigenvalue weighted by Crippen LogP contribution is 2.09. The van der Waals surface area contributed by atoms with Crippen molar-refractivity contribution >= 4 is 17.1 Å². The van der Waals surface area contributed by atoms with E-state index in [1.165, 1.54) is 0 Å². The number of furan rings is 1. The molecule has 0 unspecified atom stereocenters. The summed E-state index contributed by atoms with van der Waals surface area (Å²) in [6, 6.07) is 4.00. The van der Waals surface area contributed by atoms with Gasteiger partial charge in [-0.05, 0) is 23.9 Å².